The van der Waals surface area contributed by atoms with Crippen molar-refractivity contribution in [2.45, 2.75) is 0 Å². The van der Waals surface area contributed by atoms with Gasteiger partial charge in [-0.15, -0.1) is 0 Å². The molecule has 0 unspecified atom stereocenters. The van der Waals surface area contributed by atoms with E-state index in [4.69, 9.17) is 0 Å². The molecule has 19 heavy (non-hydrogen) atoms. The van der Waals surface area contributed by atoms with Crippen LogP contribution in [0.3, 0.4) is 0 Å². The van der Waals surface area contributed by atoms with E-state index in [0.717, 1.165) is 0 Å². The Hall–Kier alpha value is -0.821. The van der Waals surface area contributed by atoms with Gasteiger partial charge >= 0.3 is 128 Å². The number of hydrogen-bond donors (Lipinski definition) is 0. The van der Waals surface area contributed by atoms with E-state index in [1.54, 1.807) is 0 Å². The second-order valence-corrected chi connectivity index (χ2v) is 9.26. The summed E-state index contributed by atoms with van der Waals surface area (Å²) in [5, 5.41) is 2.87. The molecular weight excluding hydrogens is 382 g/mol. The molecule has 3 heteroatoms. The Morgan fingerprint density at radius 2 is 1.16 bits per heavy atom. The van der Waals surface area contributed by atoms with E-state index in [9.17, 15) is 0 Å². The fourth-order valence-electron chi connectivity index (χ4n) is 2.27. The summed E-state index contributed by atoms with van der Waals surface area (Å²) in [7, 11) is 0. The summed E-state index contributed by atoms with van der Waals surface area (Å²) >= 11 is 3.01. The summed E-state index contributed by atoms with van der Waals surface area (Å²) < 4.78 is 3.05. The molecular formula is C16H10SSe2. The molecule has 0 saturated heterocycles. The van der Waals surface area contributed by atoms with Gasteiger partial charge in [0.1, 0.15) is 0 Å². The van der Waals surface area contributed by atoms with E-state index in [0.29, 0.717) is 29.0 Å². The quantitative estimate of drug-likeness (QED) is 0.445. The van der Waals surface area contributed by atoms with Crippen LogP contribution in [0.1, 0.15) is 0 Å². The Balaban J connectivity index is 2.06. The normalized spacial score (nSPS) is 11.2. The molecule has 3 heterocycles. The predicted molar refractivity (Wildman–Crippen MR) is 86.6 cm³/mol. The summed E-state index contributed by atoms with van der Waals surface area (Å²) in [6, 6.07) is 17.8. The first-order valence-corrected chi connectivity index (χ1v) is 10.5. The van der Waals surface area contributed by atoms with Crippen LogP contribution in [0.25, 0.3) is 29.4 Å². The minimum absolute atomic E-state index is 0.512. The molecule has 0 aliphatic rings. The van der Waals surface area contributed by atoms with E-state index < -0.39 is 0 Å². The summed E-state index contributed by atoms with van der Waals surface area (Å²) in [5.74, 6) is 0. The monoisotopic (exact) mass is 394 g/mol. The Labute approximate surface area is 127 Å². The van der Waals surface area contributed by atoms with Crippen LogP contribution in [-0.4, -0.2) is 29.0 Å². The third-order valence-electron chi connectivity index (χ3n) is 3.11. The first-order chi connectivity index (χ1) is 9.43. The Bertz CT molecular complexity index is 740. The van der Waals surface area contributed by atoms with Gasteiger partial charge in [0, 0.05) is 0 Å². The minimum atomic E-state index is 0.512. The van der Waals surface area contributed by atoms with Crippen LogP contribution in [0.5, 0.6) is 0 Å². The maximum atomic E-state index is 2.30. The van der Waals surface area contributed by atoms with Gasteiger partial charge < -0.3 is 0 Å². The van der Waals surface area contributed by atoms with E-state index in [1.165, 1.54) is 29.4 Å². The predicted octanol–water partition coefficient (Wildman–Crippen LogP) is 4.35. The van der Waals surface area contributed by atoms with Gasteiger partial charge in [-0.2, -0.15) is 0 Å². The molecule has 3 aromatic heterocycles. The van der Waals surface area contributed by atoms with Crippen molar-refractivity contribution >= 4 is 51.1 Å². The summed E-state index contributed by atoms with van der Waals surface area (Å²) in [6.07, 6.45) is 0. The van der Waals surface area contributed by atoms with Crippen molar-refractivity contribution in [1.29, 1.82) is 0 Å². The van der Waals surface area contributed by atoms with Crippen molar-refractivity contribution in [2.24, 2.45) is 0 Å². The second-order valence-electron chi connectivity index (χ2n) is 4.26. The van der Waals surface area contributed by atoms with Gasteiger partial charge in [-0.05, 0) is 0 Å². The van der Waals surface area contributed by atoms with Crippen molar-refractivity contribution < 1.29 is 0 Å². The van der Waals surface area contributed by atoms with E-state index in [1.807, 2.05) is 11.3 Å². The standard InChI is InChI=1S/C16H10SSe2/c1-2-6-12-11(5-1)15(13-7-3-9-18-13)17-16(12)14-8-4-10-19-14/h1-10H. The van der Waals surface area contributed by atoms with Crippen molar-refractivity contribution in [1.82, 2.24) is 0 Å². The molecule has 0 N–H and O–H groups in total. The van der Waals surface area contributed by atoms with Gasteiger partial charge in [0.05, 0.1) is 0 Å². The van der Waals surface area contributed by atoms with Gasteiger partial charge in [0.15, 0.2) is 0 Å². The Morgan fingerprint density at radius 1 is 0.632 bits per heavy atom. The SMILES string of the molecule is c1c[se]c(-c2sc(-c3ccc[se]3)c3ccccc23)c1. The number of benzene rings is 1. The van der Waals surface area contributed by atoms with E-state index in [-0.39, 0.29) is 0 Å². The number of fused-ring (bicyclic) bond motifs is 1. The molecule has 0 fully saturated rings. The van der Waals surface area contributed by atoms with Crippen molar-refractivity contribution in [2.75, 3.05) is 0 Å². The van der Waals surface area contributed by atoms with Crippen LogP contribution in [0.4, 0.5) is 0 Å². The summed E-state index contributed by atoms with van der Waals surface area (Å²) in [5.41, 5.74) is 0. The molecule has 4 aromatic rings. The molecule has 0 aliphatic heterocycles. The van der Waals surface area contributed by atoms with E-state index in [2.05, 4.69) is 58.4 Å². The molecule has 1 aromatic carbocycles. The van der Waals surface area contributed by atoms with E-state index >= 15 is 0 Å². The van der Waals surface area contributed by atoms with Crippen molar-refractivity contribution in [3.63, 3.8) is 0 Å². The average Bonchev–Trinajstić information content (AvgIpc) is 3.18. The molecule has 0 aliphatic carbocycles. The van der Waals surface area contributed by atoms with Crippen molar-refractivity contribution in [3.05, 3.63) is 58.4 Å². The fraction of sp³-hybridized carbons (Fsp3) is 0. The average molecular weight is 392 g/mol. The molecule has 92 valence electrons. The number of rotatable bonds is 2. The number of hydrogen-bond acceptors (Lipinski definition) is 1. The Kier molecular flexibility index (Phi) is 3.11. The van der Waals surface area contributed by atoms with Crippen LogP contribution in [0.2, 0.25) is 0 Å². The fourth-order valence-corrected chi connectivity index (χ4v) is 7.26. The van der Waals surface area contributed by atoms with Crippen LogP contribution < -0.4 is 0 Å². The Morgan fingerprint density at radius 3 is 1.58 bits per heavy atom. The zero-order valence-corrected chi connectivity index (χ0v) is 14.2. The van der Waals surface area contributed by atoms with Crippen LogP contribution >= 0.6 is 11.3 Å². The van der Waals surface area contributed by atoms with Crippen LogP contribution in [-0.2, 0) is 0 Å². The van der Waals surface area contributed by atoms with Crippen molar-refractivity contribution in [3.8, 4) is 18.6 Å². The molecule has 0 amide bonds. The zero-order chi connectivity index (χ0) is 12.7. The second kappa shape index (κ2) is 4.94. The third-order valence-corrected chi connectivity index (χ3v) is 8.71. The molecule has 0 bridgehead atoms. The molecule has 0 atom stereocenters. The first-order valence-electron chi connectivity index (χ1n) is 6.03. The van der Waals surface area contributed by atoms with Gasteiger partial charge in [-0.25, -0.2) is 0 Å². The van der Waals surface area contributed by atoms with Crippen LogP contribution in [0.15, 0.2) is 58.4 Å². The molecule has 0 radical (unpaired) electrons. The maximum absolute atomic E-state index is 2.30. The zero-order valence-electron chi connectivity index (χ0n) is 10.00. The molecule has 0 saturated carbocycles. The van der Waals surface area contributed by atoms with Gasteiger partial charge in [-0.1, -0.05) is 0 Å². The van der Waals surface area contributed by atoms with Crippen LogP contribution in [0, 0.1) is 0 Å². The molecule has 4 rings (SSSR count). The topological polar surface area (TPSA) is 0 Å². The number of thiophene rings is 1. The first kappa shape index (κ1) is 12.0. The third kappa shape index (κ3) is 2.03. The van der Waals surface area contributed by atoms with Gasteiger partial charge in [-0.3, -0.25) is 0 Å². The van der Waals surface area contributed by atoms with Gasteiger partial charge in [0.25, 0.3) is 0 Å². The van der Waals surface area contributed by atoms with Gasteiger partial charge in [0.2, 0.25) is 0 Å². The summed E-state index contributed by atoms with van der Waals surface area (Å²) in [4.78, 5) is 7.58. The summed E-state index contributed by atoms with van der Waals surface area (Å²) in [6.45, 7) is 0. The molecule has 0 spiro atoms. The molecule has 0 nitrogen and oxygen atoms in total.